The van der Waals surface area contributed by atoms with Crippen LogP contribution in [0.5, 0.6) is 5.75 Å². The Morgan fingerprint density at radius 3 is 2.32 bits per heavy atom. The molecular weight excluding hydrogens is 352 g/mol. The molecule has 0 saturated carbocycles. The fraction of sp³-hybridized carbons (Fsp3) is 0.304. The van der Waals surface area contributed by atoms with Crippen LogP contribution in [0.4, 0.5) is 5.69 Å². The molecule has 0 spiro atoms. The predicted octanol–water partition coefficient (Wildman–Crippen LogP) is 4.16. The van der Waals surface area contributed by atoms with Gasteiger partial charge in [-0.25, -0.2) is 0 Å². The number of aryl methyl sites for hydroxylation is 1. The van der Waals surface area contributed by atoms with Crippen molar-refractivity contribution in [1.82, 2.24) is 4.90 Å². The number of ether oxygens (including phenoxy) is 1. The van der Waals surface area contributed by atoms with Crippen molar-refractivity contribution in [2.45, 2.75) is 27.7 Å². The molecule has 1 N–H and O–H groups in total. The summed E-state index contributed by atoms with van der Waals surface area (Å²) in [5.41, 5.74) is 4.35. The number of nitrogens with one attached hydrogen (secondary N) is 1. The Hall–Kier alpha value is -3.08. The van der Waals surface area contributed by atoms with E-state index in [1.165, 1.54) is 7.05 Å². The maximum absolute atomic E-state index is 12.7. The fourth-order valence-electron chi connectivity index (χ4n) is 3.03. The van der Waals surface area contributed by atoms with E-state index in [4.69, 9.17) is 4.74 Å². The molecular formula is C23H26N2O3. The second kappa shape index (κ2) is 7.89. The van der Waals surface area contributed by atoms with Crippen LogP contribution in [-0.2, 0) is 9.59 Å². The summed E-state index contributed by atoms with van der Waals surface area (Å²) < 4.78 is 5.71. The van der Waals surface area contributed by atoms with E-state index in [-0.39, 0.29) is 11.8 Å². The first-order chi connectivity index (χ1) is 13.3. The molecule has 5 heteroatoms. The fourth-order valence-corrected chi connectivity index (χ4v) is 3.03. The minimum Gasteiger partial charge on any atom is -0.493 e. The van der Waals surface area contributed by atoms with Gasteiger partial charge in [0.15, 0.2) is 0 Å². The zero-order valence-electron chi connectivity index (χ0n) is 17.0. The van der Waals surface area contributed by atoms with Crippen molar-refractivity contribution in [3.63, 3.8) is 0 Å². The summed E-state index contributed by atoms with van der Waals surface area (Å²) in [6.07, 6.45) is 0. The SMILES string of the molecule is Cc1cccc(NC2=C(c3ccc(OCC(C)C)cc3)C(=O)N(C)C2=O)c1C. The first kappa shape index (κ1) is 19.7. The topological polar surface area (TPSA) is 58.6 Å². The highest BCUT2D eigenvalue weighted by Gasteiger charge is 2.37. The van der Waals surface area contributed by atoms with Crippen LogP contribution in [-0.4, -0.2) is 30.4 Å². The van der Waals surface area contributed by atoms with Crippen molar-refractivity contribution in [3.8, 4) is 5.75 Å². The summed E-state index contributed by atoms with van der Waals surface area (Å²) in [5, 5.41) is 3.20. The van der Waals surface area contributed by atoms with Gasteiger partial charge in [-0.15, -0.1) is 0 Å². The third-order valence-corrected chi connectivity index (χ3v) is 4.88. The normalized spacial score (nSPS) is 14.3. The molecule has 5 nitrogen and oxygen atoms in total. The molecule has 2 aromatic rings. The Morgan fingerprint density at radius 1 is 1.00 bits per heavy atom. The highest BCUT2D eigenvalue weighted by Crippen LogP contribution is 2.31. The van der Waals surface area contributed by atoms with Gasteiger partial charge in [-0.3, -0.25) is 14.5 Å². The molecule has 2 aromatic carbocycles. The number of amides is 2. The molecule has 0 aliphatic carbocycles. The van der Waals surface area contributed by atoms with Gasteiger partial charge >= 0.3 is 0 Å². The summed E-state index contributed by atoms with van der Waals surface area (Å²) in [6, 6.07) is 13.1. The highest BCUT2D eigenvalue weighted by molar-refractivity contribution is 6.36. The summed E-state index contributed by atoms with van der Waals surface area (Å²) in [4.78, 5) is 26.6. The average Bonchev–Trinajstić information content (AvgIpc) is 2.88. The second-order valence-electron chi connectivity index (χ2n) is 7.52. The highest BCUT2D eigenvalue weighted by atomic mass is 16.5. The van der Waals surface area contributed by atoms with Gasteiger partial charge in [0.1, 0.15) is 11.4 Å². The van der Waals surface area contributed by atoms with Crippen LogP contribution >= 0.6 is 0 Å². The number of benzene rings is 2. The number of hydrogen-bond acceptors (Lipinski definition) is 4. The molecule has 0 unspecified atom stereocenters. The van der Waals surface area contributed by atoms with E-state index in [9.17, 15) is 9.59 Å². The van der Waals surface area contributed by atoms with Crippen molar-refractivity contribution in [2.24, 2.45) is 5.92 Å². The summed E-state index contributed by atoms with van der Waals surface area (Å²) >= 11 is 0. The van der Waals surface area contributed by atoms with Gasteiger partial charge in [-0.1, -0.05) is 38.1 Å². The van der Waals surface area contributed by atoms with E-state index in [1.54, 1.807) is 0 Å². The van der Waals surface area contributed by atoms with Crippen LogP contribution in [0.2, 0.25) is 0 Å². The minimum absolute atomic E-state index is 0.303. The zero-order chi connectivity index (χ0) is 20.4. The van der Waals surface area contributed by atoms with E-state index in [2.05, 4.69) is 19.2 Å². The van der Waals surface area contributed by atoms with Gasteiger partial charge in [0.05, 0.1) is 12.2 Å². The molecule has 0 saturated heterocycles. The lowest BCUT2D eigenvalue weighted by Crippen LogP contribution is -2.28. The monoisotopic (exact) mass is 378 g/mol. The molecule has 1 aliphatic heterocycles. The molecule has 0 atom stereocenters. The molecule has 1 aliphatic rings. The number of imide groups is 1. The van der Waals surface area contributed by atoms with Crippen molar-refractivity contribution in [2.75, 3.05) is 19.0 Å². The van der Waals surface area contributed by atoms with Crippen LogP contribution in [0.1, 0.15) is 30.5 Å². The van der Waals surface area contributed by atoms with E-state index < -0.39 is 0 Å². The minimum atomic E-state index is -0.332. The Labute approximate surface area is 166 Å². The van der Waals surface area contributed by atoms with Gasteiger partial charge in [0.25, 0.3) is 11.8 Å². The lowest BCUT2D eigenvalue weighted by molar-refractivity contribution is -0.135. The molecule has 146 valence electrons. The van der Waals surface area contributed by atoms with E-state index in [1.807, 2.05) is 56.3 Å². The smallest absolute Gasteiger partial charge is 0.277 e. The maximum Gasteiger partial charge on any atom is 0.277 e. The summed E-state index contributed by atoms with van der Waals surface area (Å²) in [5.74, 6) is 0.528. The molecule has 2 amide bonds. The van der Waals surface area contributed by atoms with Crippen LogP contribution in [0.25, 0.3) is 5.57 Å². The summed E-state index contributed by atoms with van der Waals surface area (Å²) in [6.45, 7) is 8.80. The summed E-state index contributed by atoms with van der Waals surface area (Å²) in [7, 11) is 1.50. The molecule has 1 heterocycles. The number of carbonyl (C=O) groups excluding carboxylic acids is 2. The lowest BCUT2D eigenvalue weighted by Gasteiger charge is -2.13. The largest absolute Gasteiger partial charge is 0.493 e. The van der Waals surface area contributed by atoms with Gasteiger partial charge in [0.2, 0.25) is 0 Å². The van der Waals surface area contributed by atoms with Gasteiger partial charge in [0, 0.05) is 12.7 Å². The molecule has 3 rings (SSSR count). The zero-order valence-corrected chi connectivity index (χ0v) is 17.0. The first-order valence-electron chi connectivity index (χ1n) is 9.42. The number of carbonyl (C=O) groups is 2. The van der Waals surface area contributed by atoms with Crippen LogP contribution in [0.3, 0.4) is 0 Å². The molecule has 0 bridgehead atoms. The van der Waals surface area contributed by atoms with Crippen molar-refractivity contribution in [1.29, 1.82) is 0 Å². The van der Waals surface area contributed by atoms with Crippen LogP contribution < -0.4 is 10.1 Å². The Balaban J connectivity index is 1.97. The number of rotatable bonds is 6. The Bertz CT molecular complexity index is 943. The van der Waals surface area contributed by atoms with E-state index >= 15 is 0 Å². The van der Waals surface area contributed by atoms with Gasteiger partial charge in [-0.2, -0.15) is 0 Å². The third-order valence-electron chi connectivity index (χ3n) is 4.88. The van der Waals surface area contributed by atoms with Crippen LogP contribution in [0, 0.1) is 19.8 Å². The van der Waals surface area contributed by atoms with Crippen molar-refractivity contribution in [3.05, 3.63) is 64.9 Å². The quantitative estimate of drug-likeness (QED) is 0.767. The second-order valence-corrected chi connectivity index (χ2v) is 7.52. The predicted molar refractivity (Wildman–Crippen MR) is 111 cm³/mol. The number of hydrogen-bond donors (Lipinski definition) is 1. The maximum atomic E-state index is 12.7. The van der Waals surface area contributed by atoms with E-state index in [0.29, 0.717) is 29.4 Å². The lowest BCUT2D eigenvalue weighted by atomic mass is 10.0. The van der Waals surface area contributed by atoms with Crippen molar-refractivity contribution >= 4 is 23.1 Å². The molecule has 0 radical (unpaired) electrons. The average molecular weight is 378 g/mol. The van der Waals surface area contributed by atoms with Crippen molar-refractivity contribution < 1.29 is 14.3 Å². The third kappa shape index (κ3) is 3.79. The van der Waals surface area contributed by atoms with Crippen LogP contribution in [0.15, 0.2) is 48.2 Å². The van der Waals surface area contributed by atoms with Gasteiger partial charge in [-0.05, 0) is 54.7 Å². The van der Waals surface area contributed by atoms with Gasteiger partial charge < -0.3 is 10.1 Å². The van der Waals surface area contributed by atoms with E-state index in [0.717, 1.165) is 27.5 Å². The standard InChI is InChI=1S/C23H26N2O3/c1-14(2)13-28-18-11-9-17(10-12-18)20-21(23(27)25(5)22(20)26)24-19-8-6-7-15(3)16(19)4/h6-12,14,24H,13H2,1-5H3. The first-order valence-corrected chi connectivity index (χ1v) is 9.42. The molecule has 28 heavy (non-hydrogen) atoms. The molecule has 0 fully saturated rings. The number of likely N-dealkylation sites (N-methyl/N-ethyl adjacent to an activating group) is 1. The Kier molecular flexibility index (Phi) is 5.54. The number of anilines is 1. The molecule has 0 aromatic heterocycles. The number of nitrogens with zero attached hydrogens (tertiary/aromatic N) is 1. The Morgan fingerprint density at radius 2 is 1.68 bits per heavy atom.